The molecule has 0 fully saturated rings. The van der Waals surface area contributed by atoms with Gasteiger partial charge in [0.15, 0.2) is 6.10 Å². The smallest absolute Gasteiger partial charge is 0.342 e. The standard InChI is InChI=1S/C17H16N2O5/c1-11(15(20)19-17(18)22)23-16(21)13-9-5-6-10-14(13)24-12-7-3-2-4-8-12/h2-11H,1H3,(H3,18,19,20,22)/t11-/m1/s1. The number of para-hydroxylation sites is 2. The van der Waals surface area contributed by atoms with Gasteiger partial charge in [0.25, 0.3) is 5.91 Å². The van der Waals surface area contributed by atoms with Crippen molar-refractivity contribution in [2.24, 2.45) is 5.73 Å². The Hall–Kier alpha value is -3.35. The number of esters is 1. The second kappa shape index (κ2) is 7.77. The minimum Gasteiger partial charge on any atom is -0.456 e. The number of hydrogen-bond acceptors (Lipinski definition) is 5. The van der Waals surface area contributed by atoms with Gasteiger partial charge in [-0.05, 0) is 31.2 Å². The summed E-state index contributed by atoms with van der Waals surface area (Å²) in [6.07, 6.45) is -1.19. The van der Waals surface area contributed by atoms with Crippen LogP contribution in [0.25, 0.3) is 0 Å². The number of hydrogen-bond donors (Lipinski definition) is 2. The number of nitrogens with two attached hydrogens (primary N) is 1. The highest BCUT2D eigenvalue weighted by atomic mass is 16.5. The van der Waals surface area contributed by atoms with Gasteiger partial charge in [-0.3, -0.25) is 10.1 Å². The van der Waals surface area contributed by atoms with Crippen molar-refractivity contribution in [3.63, 3.8) is 0 Å². The third-order valence-corrected chi connectivity index (χ3v) is 2.98. The fraction of sp³-hybridized carbons (Fsp3) is 0.118. The molecule has 0 aliphatic heterocycles. The molecule has 0 aromatic heterocycles. The number of rotatable bonds is 5. The van der Waals surface area contributed by atoms with Crippen LogP contribution in [0.2, 0.25) is 0 Å². The minimum atomic E-state index is -1.19. The van der Waals surface area contributed by atoms with Crippen molar-refractivity contribution in [3.8, 4) is 11.5 Å². The Bertz CT molecular complexity index is 746. The van der Waals surface area contributed by atoms with E-state index in [1.807, 2.05) is 11.4 Å². The van der Waals surface area contributed by atoms with E-state index in [1.165, 1.54) is 13.0 Å². The van der Waals surface area contributed by atoms with E-state index in [9.17, 15) is 14.4 Å². The molecule has 7 heteroatoms. The largest absolute Gasteiger partial charge is 0.456 e. The first-order chi connectivity index (χ1) is 11.5. The first-order valence-electron chi connectivity index (χ1n) is 7.10. The molecule has 0 aliphatic rings. The van der Waals surface area contributed by atoms with Crippen LogP contribution in [0.1, 0.15) is 17.3 Å². The number of carbonyl (C=O) groups excluding carboxylic acids is 3. The van der Waals surface area contributed by atoms with Crippen molar-refractivity contribution in [1.29, 1.82) is 0 Å². The van der Waals surface area contributed by atoms with Gasteiger partial charge in [-0.1, -0.05) is 30.3 Å². The normalized spacial score (nSPS) is 11.2. The lowest BCUT2D eigenvalue weighted by Crippen LogP contribution is -2.42. The third kappa shape index (κ3) is 4.57. The molecule has 24 heavy (non-hydrogen) atoms. The molecule has 3 amide bonds. The topological polar surface area (TPSA) is 108 Å². The van der Waals surface area contributed by atoms with Gasteiger partial charge >= 0.3 is 12.0 Å². The van der Waals surface area contributed by atoms with Gasteiger partial charge in [-0.15, -0.1) is 0 Å². The second-order valence-electron chi connectivity index (χ2n) is 4.81. The molecule has 7 nitrogen and oxygen atoms in total. The quantitative estimate of drug-likeness (QED) is 0.818. The number of amides is 3. The number of urea groups is 1. The van der Waals surface area contributed by atoms with Crippen LogP contribution < -0.4 is 15.8 Å². The molecule has 0 unspecified atom stereocenters. The molecule has 0 saturated carbocycles. The lowest BCUT2D eigenvalue weighted by Gasteiger charge is -2.14. The highest BCUT2D eigenvalue weighted by Crippen LogP contribution is 2.25. The highest BCUT2D eigenvalue weighted by molar-refractivity contribution is 5.98. The maximum atomic E-state index is 12.3. The van der Waals surface area contributed by atoms with Crippen molar-refractivity contribution in [3.05, 3.63) is 60.2 Å². The molecule has 0 radical (unpaired) electrons. The van der Waals surface area contributed by atoms with E-state index in [-0.39, 0.29) is 11.3 Å². The molecule has 0 spiro atoms. The summed E-state index contributed by atoms with van der Waals surface area (Å²) in [6.45, 7) is 1.33. The van der Waals surface area contributed by atoms with Crippen molar-refractivity contribution in [2.75, 3.05) is 0 Å². The zero-order valence-corrected chi connectivity index (χ0v) is 12.9. The molecule has 3 N–H and O–H groups in total. The van der Waals surface area contributed by atoms with E-state index in [1.54, 1.807) is 42.5 Å². The Morgan fingerprint density at radius 2 is 1.62 bits per heavy atom. The summed E-state index contributed by atoms with van der Waals surface area (Å²) >= 11 is 0. The predicted octanol–water partition coefficient (Wildman–Crippen LogP) is 2.22. The predicted molar refractivity (Wildman–Crippen MR) is 85.6 cm³/mol. The van der Waals surface area contributed by atoms with E-state index in [0.717, 1.165) is 0 Å². The first-order valence-corrected chi connectivity index (χ1v) is 7.10. The second-order valence-corrected chi connectivity index (χ2v) is 4.81. The molecule has 2 aromatic rings. The summed E-state index contributed by atoms with van der Waals surface area (Å²) < 4.78 is 10.7. The van der Waals surface area contributed by atoms with Crippen LogP contribution in [-0.4, -0.2) is 24.0 Å². The summed E-state index contributed by atoms with van der Waals surface area (Å²) in [6, 6.07) is 14.4. The number of carbonyl (C=O) groups is 3. The van der Waals surface area contributed by atoms with E-state index >= 15 is 0 Å². The van der Waals surface area contributed by atoms with Crippen LogP contribution in [0, 0.1) is 0 Å². The lowest BCUT2D eigenvalue weighted by molar-refractivity contribution is -0.127. The Balaban J connectivity index is 2.12. The van der Waals surface area contributed by atoms with Crippen LogP contribution in [0.5, 0.6) is 11.5 Å². The van der Waals surface area contributed by atoms with Gasteiger partial charge in [-0.25, -0.2) is 9.59 Å². The molecule has 0 saturated heterocycles. The number of benzene rings is 2. The summed E-state index contributed by atoms with van der Waals surface area (Å²) in [4.78, 5) is 34.5. The zero-order chi connectivity index (χ0) is 17.5. The average Bonchev–Trinajstić information content (AvgIpc) is 2.55. The average molecular weight is 328 g/mol. The monoisotopic (exact) mass is 328 g/mol. The Morgan fingerprint density at radius 3 is 2.29 bits per heavy atom. The Kier molecular flexibility index (Phi) is 5.51. The zero-order valence-electron chi connectivity index (χ0n) is 12.9. The van der Waals surface area contributed by atoms with Crippen molar-refractivity contribution in [1.82, 2.24) is 5.32 Å². The van der Waals surface area contributed by atoms with Crippen LogP contribution in [-0.2, 0) is 9.53 Å². The van der Waals surface area contributed by atoms with Gasteiger partial charge in [-0.2, -0.15) is 0 Å². The fourth-order valence-corrected chi connectivity index (χ4v) is 1.84. The molecule has 2 rings (SSSR count). The summed E-state index contributed by atoms with van der Waals surface area (Å²) in [5.74, 6) is -0.723. The fourth-order valence-electron chi connectivity index (χ4n) is 1.84. The van der Waals surface area contributed by atoms with Crippen LogP contribution in [0.15, 0.2) is 54.6 Å². The van der Waals surface area contributed by atoms with Gasteiger partial charge in [0, 0.05) is 0 Å². The van der Waals surface area contributed by atoms with Gasteiger partial charge in [0.1, 0.15) is 17.1 Å². The molecule has 2 aromatic carbocycles. The first kappa shape index (κ1) is 17.0. The molecule has 124 valence electrons. The van der Waals surface area contributed by atoms with Crippen molar-refractivity contribution < 1.29 is 23.9 Å². The van der Waals surface area contributed by atoms with E-state index in [0.29, 0.717) is 5.75 Å². The van der Waals surface area contributed by atoms with Crippen molar-refractivity contribution in [2.45, 2.75) is 13.0 Å². The van der Waals surface area contributed by atoms with Crippen LogP contribution >= 0.6 is 0 Å². The van der Waals surface area contributed by atoms with Gasteiger partial charge < -0.3 is 15.2 Å². The molecule has 1 atom stereocenters. The van der Waals surface area contributed by atoms with E-state index in [4.69, 9.17) is 15.2 Å². The minimum absolute atomic E-state index is 0.153. The van der Waals surface area contributed by atoms with Gasteiger partial charge in [0.2, 0.25) is 0 Å². The molecular weight excluding hydrogens is 312 g/mol. The van der Waals surface area contributed by atoms with Crippen molar-refractivity contribution >= 4 is 17.9 Å². The van der Waals surface area contributed by atoms with Gasteiger partial charge in [0.05, 0.1) is 0 Å². The third-order valence-electron chi connectivity index (χ3n) is 2.98. The van der Waals surface area contributed by atoms with Crippen LogP contribution in [0.4, 0.5) is 4.79 Å². The summed E-state index contributed by atoms with van der Waals surface area (Å²) in [7, 11) is 0. The van der Waals surface area contributed by atoms with E-state index < -0.39 is 24.0 Å². The highest BCUT2D eigenvalue weighted by Gasteiger charge is 2.22. The van der Waals surface area contributed by atoms with Crippen LogP contribution in [0.3, 0.4) is 0 Å². The number of imide groups is 1. The number of primary amides is 1. The maximum absolute atomic E-state index is 12.3. The number of nitrogens with one attached hydrogen (secondary N) is 1. The SMILES string of the molecule is C[C@@H](OC(=O)c1ccccc1Oc1ccccc1)C(=O)NC(N)=O. The lowest BCUT2D eigenvalue weighted by atomic mass is 10.2. The number of ether oxygens (including phenoxy) is 2. The Labute approximate surface area is 138 Å². The molecule has 0 aliphatic carbocycles. The summed E-state index contributed by atoms with van der Waals surface area (Å²) in [5, 5.41) is 1.85. The summed E-state index contributed by atoms with van der Waals surface area (Å²) in [5.41, 5.74) is 5.00. The van der Waals surface area contributed by atoms with E-state index in [2.05, 4.69) is 0 Å². The maximum Gasteiger partial charge on any atom is 0.342 e. The molecule has 0 bridgehead atoms. The Morgan fingerprint density at radius 1 is 1.00 bits per heavy atom. The molecule has 0 heterocycles. The molecular formula is C17H16N2O5.